The third-order valence-electron chi connectivity index (χ3n) is 4.62. The number of aromatic nitrogens is 3. The van der Waals surface area contributed by atoms with Gasteiger partial charge < -0.3 is 4.40 Å². The fourth-order valence-electron chi connectivity index (χ4n) is 2.82. The van der Waals surface area contributed by atoms with Crippen LogP contribution in [0, 0.1) is 34.6 Å². The highest BCUT2D eigenvalue weighted by Gasteiger charge is 2.26. The number of sulfonamides is 1. The lowest BCUT2D eigenvalue weighted by Crippen LogP contribution is -2.32. The maximum atomic E-state index is 12.7. The van der Waals surface area contributed by atoms with Crippen molar-refractivity contribution >= 4 is 33.2 Å². The molecule has 0 fully saturated rings. The largest absolute Gasteiger partial charge is 0.305 e. The first kappa shape index (κ1) is 19.3. The average Bonchev–Trinajstić information content (AvgIpc) is 3.00. The summed E-state index contributed by atoms with van der Waals surface area (Å²) in [5, 5.41) is 0.216. The van der Waals surface area contributed by atoms with E-state index in [9.17, 15) is 13.2 Å². The van der Waals surface area contributed by atoms with E-state index < -0.39 is 15.9 Å². The van der Waals surface area contributed by atoms with Gasteiger partial charge in [0.05, 0.1) is 5.02 Å². The van der Waals surface area contributed by atoms with E-state index in [0.29, 0.717) is 21.9 Å². The van der Waals surface area contributed by atoms with Gasteiger partial charge in [-0.15, -0.1) is 0 Å². The van der Waals surface area contributed by atoms with E-state index in [1.54, 1.807) is 30.5 Å². The van der Waals surface area contributed by atoms with Gasteiger partial charge in [-0.2, -0.15) is 8.42 Å². The van der Waals surface area contributed by atoms with Gasteiger partial charge >= 0.3 is 0 Å². The van der Waals surface area contributed by atoms with Crippen molar-refractivity contribution in [1.82, 2.24) is 19.1 Å². The fraction of sp³-hybridized carbons (Fsp3) is 0.278. The third-order valence-corrected chi connectivity index (χ3v) is 6.25. The minimum atomic E-state index is -4.15. The average molecular weight is 407 g/mol. The van der Waals surface area contributed by atoms with Crippen LogP contribution >= 0.6 is 11.6 Å². The van der Waals surface area contributed by atoms with Crippen LogP contribution in [0.15, 0.2) is 23.5 Å². The summed E-state index contributed by atoms with van der Waals surface area (Å²) in [4.78, 5) is 20.8. The lowest BCUT2D eigenvalue weighted by Gasteiger charge is -2.13. The van der Waals surface area contributed by atoms with Crippen LogP contribution in [0.1, 0.15) is 38.4 Å². The summed E-state index contributed by atoms with van der Waals surface area (Å²) in [7, 11) is -4.15. The highest BCUT2D eigenvalue weighted by atomic mass is 35.5. The fourth-order valence-corrected chi connectivity index (χ4v) is 4.39. The number of hydrogen-bond acceptors (Lipinski definition) is 5. The summed E-state index contributed by atoms with van der Waals surface area (Å²) in [5.41, 5.74) is 4.06. The number of carbonyl (C=O) groups is 1. The first-order valence-corrected chi connectivity index (χ1v) is 10.0. The molecule has 3 heterocycles. The molecule has 0 aliphatic rings. The molecule has 0 radical (unpaired) electrons. The van der Waals surface area contributed by atoms with Gasteiger partial charge in [-0.05, 0) is 62.9 Å². The van der Waals surface area contributed by atoms with Crippen LogP contribution in [-0.2, 0) is 10.0 Å². The molecule has 0 bridgehead atoms. The maximum absolute atomic E-state index is 12.7. The topological polar surface area (TPSA) is 93.4 Å². The summed E-state index contributed by atoms with van der Waals surface area (Å²) in [6.07, 6.45) is 3.18. The zero-order valence-corrected chi connectivity index (χ0v) is 17.2. The van der Waals surface area contributed by atoms with Gasteiger partial charge in [0.25, 0.3) is 15.9 Å². The predicted molar refractivity (Wildman–Crippen MR) is 103 cm³/mol. The number of imidazole rings is 1. The molecule has 0 unspecified atom stereocenters. The second-order valence-electron chi connectivity index (χ2n) is 6.53. The first-order valence-electron chi connectivity index (χ1n) is 8.17. The Bertz CT molecular complexity index is 1200. The molecule has 3 aromatic heterocycles. The van der Waals surface area contributed by atoms with Crippen molar-refractivity contribution in [3.05, 3.63) is 57.1 Å². The van der Waals surface area contributed by atoms with Gasteiger partial charge in [0, 0.05) is 18.1 Å². The van der Waals surface area contributed by atoms with E-state index in [4.69, 9.17) is 11.6 Å². The molecule has 142 valence electrons. The van der Waals surface area contributed by atoms with Crippen molar-refractivity contribution in [2.45, 2.75) is 39.6 Å². The molecule has 0 spiro atoms. The molecule has 0 atom stereocenters. The number of halogens is 1. The van der Waals surface area contributed by atoms with E-state index in [1.165, 1.54) is 6.20 Å². The maximum Gasteiger partial charge on any atom is 0.285 e. The number of nitrogens with one attached hydrogen (secondary N) is 1. The molecule has 27 heavy (non-hydrogen) atoms. The summed E-state index contributed by atoms with van der Waals surface area (Å²) in [6, 6.07) is 1.72. The number of aryl methyl sites for hydroxylation is 2. The van der Waals surface area contributed by atoms with Crippen LogP contribution in [0.25, 0.3) is 5.65 Å². The smallest absolute Gasteiger partial charge is 0.285 e. The van der Waals surface area contributed by atoms with Crippen LogP contribution in [0.3, 0.4) is 0 Å². The van der Waals surface area contributed by atoms with E-state index in [1.807, 2.05) is 20.8 Å². The molecule has 0 aliphatic carbocycles. The highest BCUT2D eigenvalue weighted by Crippen LogP contribution is 2.22. The Labute approximate surface area is 162 Å². The van der Waals surface area contributed by atoms with Gasteiger partial charge in [-0.1, -0.05) is 11.6 Å². The second kappa shape index (κ2) is 6.61. The monoisotopic (exact) mass is 406 g/mol. The van der Waals surface area contributed by atoms with Crippen molar-refractivity contribution in [2.75, 3.05) is 0 Å². The standard InChI is InChI=1S/C18H19ClN4O3S/c1-9-6-14(19)16-21-15(8-23(16)7-9)17(24)22-27(25,26)18-12(4)10(2)11(3)13(5)20-18/h6-8H,1-5H3,(H,22,24). The minimum absolute atomic E-state index is 0.0516. The summed E-state index contributed by atoms with van der Waals surface area (Å²) in [5.74, 6) is -0.843. The van der Waals surface area contributed by atoms with E-state index in [2.05, 4.69) is 14.7 Å². The van der Waals surface area contributed by atoms with E-state index in [-0.39, 0.29) is 10.7 Å². The van der Waals surface area contributed by atoms with Crippen LogP contribution in [0.2, 0.25) is 5.02 Å². The van der Waals surface area contributed by atoms with Gasteiger partial charge in [0.2, 0.25) is 0 Å². The molecule has 9 heteroatoms. The minimum Gasteiger partial charge on any atom is -0.305 e. The molecular weight excluding hydrogens is 388 g/mol. The lowest BCUT2D eigenvalue weighted by molar-refractivity contribution is 0.0977. The van der Waals surface area contributed by atoms with Gasteiger partial charge in [-0.25, -0.2) is 14.7 Å². The number of nitrogens with zero attached hydrogens (tertiary/aromatic N) is 3. The van der Waals surface area contributed by atoms with Crippen molar-refractivity contribution in [1.29, 1.82) is 0 Å². The molecule has 0 aromatic carbocycles. The Morgan fingerprint density at radius 1 is 1.04 bits per heavy atom. The number of carbonyl (C=O) groups excluding carboxylic acids is 1. The Hall–Kier alpha value is -2.45. The predicted octanol–water partition coefficient (Wildman–Crippen LogP) is 3.04. The normalized spacial score (nSPS) is 11.8. The summed E-state index contributed by atoms with van der Waals surface area (Å²) < 4.78 is 29.1. The van der Waals surface area contributed by atoms with E-state index >= 15 is 0 Å². The second-order valence-corrected chi connectivity index (χ2v) is 8.54. The van der Waals surface area contributed by atoms with Crippen molar-refractivity contribution in [2.24, 2.45) is 0 Å². The number of hydrogen-bond donors (Lipinski definition) is 1. The Morgan fingerprint density at radius 2 is 1.70 bits per heavy atom. The molecule has 7 nitrogen and oxygen atoms in total. The molecule has 0 saturated carbocycles. The number of rotatable bonds is 3. The molecule has 1 N–H and O–H groups in total. The van der Waals surface area contributed by atoms with Crippen LogP contribution in [0.4, 0.5) is 0 Å². The van der Waals surface area contributed by atoms with Gasteiger partial charge in [0.15, 0.2) is 10.7 Å². The van der Waals surface area contributed by atoms with Crippen LogP contribution in [0.5, 0.6) is 0 Å². The van der Waals surface area contributed by atoms with Crippen molar-refractivity contribution < 1.29 is 13.2 Å². The zero-order chi connectivity index (χ0) is 20.1. The third kappa shape index (κ3) is 3.42. The number of fused-ring (bicyclic) bond motifs is 1. The Balaban J connectivity index is 2.00. The quantitative estimate of drug-likeness (QED) is 0.721. The molecular formula is C18H19ClN4O3S. The van der Waals surface area contributed by atoms with Crippen molar-refractivity contribution in [3.8, 4) is 0 Å². The highest BCUT2D eigenvalue weighted by molar-refractivity contribution is 7.90. The van der Waals surface area contributed by atoms with E-state index in [0.717, 1.165) is 16.7 Å². The molecule has 3 aromatic rings. The number of amides is 1. The Kier molecular flexibility index (Phi) is 4.73. The zero-order valence-electron chi connectivity index (χ0n) is 15.6. The summed E-state index contributed by atoms with van der Waals surface area (Å²) >= 11 is 6.14. The van der Waals surface area contributed by atoms with Gasteiger partial charge in [0.1, 0.15) is 5.69 Å². The van der Waals surface area contributed by atoms with Crippen LogP contribution in [-0.4, -0.2) is 28.7 Å². The summed E-state index contributed by atoms with van der Waals surface area (Å²) in [6.45, 7) is 8.96. The molecule has 1 amide bonds. The SMILES string of the molecule is Cc1cc(Cl)c2nc(C(=O)NS(=O)(=O)c3nc(C)c(C)c(C)c3C)cn2c1. The molecule has 3 rings (SSSR count). The Morgan fingerprint density at radius 3 is 2.37 bits per heavy atom. The molecule has 0 aliphatic heterocycles. The molecule has 0 saturated heterocycles. The van der Waals surface area contributed by atoms with Crippen LogP contribution < -0.4 is 4.72 Å². The lowest BCUT2D eigenvalue weighted by atomic mass is 10.1. The first-order chi connectivity index (χ1) is 12.5. The number of pyridine rings is 2. The van der Waals surface area contributed by atoms with Gasteiger partial charge in [-0.3, -0.25) is 4.79 Å². The van der Waals surface area contributed by atoms with Crippen molar-refractivity contribution in [3.63, 3.8) is 0 Å².